The number of halogens is 2. The van der Waals surface area contributed by atoms with Crippen LogP contribution in [-0.2, 0) is 22.6 Å². The van der Waals surface area contributed by atoms with Crippen LogP contribution in [-0.4, -0.2) is 35.4 Å². The van der Waals surface area contributed by atoms with E-state index in [1.165, 1.54) is 0 Å². The predicted octanol–water partition coefficient (Wildman–Crippen LogP) is 6.26. The fourth-order valence-electron chi connectivity index (χ4n) is 3.94. The fraction of sp³-hybridized carbons (Fsp3) is 0.310. The Morgan fingerprint density at radius 3 is 2.17 bits per heavy atom. The lowest BCUT2D eigenvalue weighted by Gasteiger charge is -2.32. The number of benzene rings is 3. The van der Waals surface area contributed by atoms with Gasteiger partial charge in [-0.25, -0.2) is 0 Å². The zero-order valence-electron chi connectivity index (χ0n) is 21.1. The molecule has 0 aromatic heterocycles. The van der Waals surface area contributed by atoms with Crippen LogP contribution in [0.25, 0.3) is 0 Å². The smallest absolute Gasteiger partial charge is 0.261 e. The summed E-state index contributed by atoms with van der Waals surface area (Å²) in [5.74, 6) is 0.133. The monoisotopic (exact) mass is 570 g/mol. The Hall–Kier alpha value is -2.83. The maximum absolute atomic E-state index is 13.6. The number of amides is 2. The predicted molar refractivity (Wildman–Crippen MR) is 148 cm³/mol. The Labute approximate surface area is 226 Å². The third-order valence-corrected chi connectivity index (χ3v) is 7.24. The molecule has 3 rings (SSSR count). The first-order chi connectivity index (χ1) is 17.1. The van der Waals surface area contributed by atoms with Gasteiger partial charge in [-0.05, 0) is 74.2 Å². The van der Waals surface area contributed by atoms with Gasteiger partial charge in [0.15, 0.2) is 6.61 Å². The molecule has 1 unspecified atom stereocenters. The van der Waals surface area contributed by atoms with Crippen LogP contribution in [0.2, 0.25) is 5.02 Å². The molecule has 190 valence electrons. The van der Waals surface area contributed by atoms with Crippen LogP contribution >= 0.6 is 27.5 Å². The van der Waals surface area contributed by atoms with Gasteiger partial charge in [-0.15, -0.1) is 0 Å². The molecule has 0 aliphatic carbocycles. The number of rotatable bonds is 10. The van der Waals surface area contributed by atoms with Crippen molar-refractivity contribution in [2.75, 3.05) is 6.61 Å². The van der Waals surface area contributed by atoms with E-state index in [2.05, 4.69) is 21.2 Å². The van der Waals surface area contributed by atoms with Crippen molar-refractivity contribution in [3.8, 4) is 5.75 Å². The summed E-state index contributed by atoms with van der Waals surface area (Å²) in [6.07, 6.45) is 0.384. The van der Waals surface area contributed by atoms with E-state index in [1.54, 1.807) is 17.0 Å². The Morgan fingerprint density at radius 1 is 0.972 bits per heavy atom. The normalized spacial score (nSPS) is 11.8. The van der Waals surface area contributed by atoms with Gasteiger partial charge in [-0.1, -0.05) is 70.0 Å². The Morgan fingerprint density at radius 2 is 1.58 bits per heavy atom. The number of carbonyl (C=O) groups excluding carboxylic acids is 2. The van der Waals surface area contributed by atoms with E-state index >= 15 is 0 Å². The molecule has 5 nitrogen and oxygen atoms in total. The third kappa shape index (κ3) is 7.84. The molecule has 3 aromatic rings. The van der Waals surface area contributed by atoms with E-state index in [0.29, 0.717) is 17.2 Å². The van der Waals surface area contributed by atoms with Crippen LogP contribution in [0.5, 0.6) is 5.75 Å². The Kier molecular flexibility index (Phi) is 9.97. The second kappa shape index (κ2) is 12.9. The highest BCUT2D eigenvalue weighted by atomic mass is 79.9. The fourth-order valence-corrected chi connectivity index (χ4v) is 4.29. The molecule has 0 aliphatic heterocycles. The van der Waals surface area contributed by atoms with Gasteiger partial charge in [0.05, 0.1) is 0 Å². The van der Waals surface area contributed by atoms with E-state index in [0.717, 1.165) is 26.7 Å². The van der Waals surface area contributed by atoms with Crippen LogP contribution in [0.3, 0.4) is 0 Å². The molecule has 0 heterocycles. The highest BCUT2D eigenvalue weighted by Crippen LogP contribution is 2.26. The largest absolute Gasteiger partial charge is 0.484 e. The van der Waals surface area contributed by atoms with E-state index in [1.807, 2.05) is 82.3 Å². The van der Waals surface area contributed by atoms with Gasteiger partial charge in [-0.2, -0.15) is 0 Å². The van der Waals surface area contributed by atoms with E-state index in [9.17, 15) is 9.59 Å². The number of ether oxygens (including phenoxy) is 1. The summed E-state index contributed by atoms with van der Waals surface area (Å²) in [7, 11) is 0. The van der Waals surface area contributed by atoms with Gasteiger partial charge in [-0.3, -0.25) is 9.59 Å². The van der Waals surface area contributed by atoms with Crippen molar-refractivity contribution in [2.24, 2.45) is 0 Å². The first-order valence-corrected chi connectivity index (χ1v) is 13.1. The maximum Gasteiger partial charge on any atom is 0.261 e. The van der Waals surface area contributed by atoms with Crippen molar-refractivity contribution in [3.63, 3.8) is 0 Å². The number of carbonyl (C=O) groups is 2. The third-order valence-electron chi connectivity index (χ3n) is 5.74. The first kappa shape index (κ1) is 27.8. The molecule has 0 fully saturated rings. The summed E-state index contributed by atoms with van der Waals surface area (Å²) < 4.78 is 6.93. The van der Waals surface area contributed by atoms with Gasteiger partial charge >= 0.3 is 0 Å². The molecule has 1 N–H and O–H groups in total. The molecule has 36 heavy (non-hydrogen) atoms. The van der Waals surface area contributed by atoms with Crippen molar-refractivity contribution >= 4 is 39.3 Å². The second-order valence-corrected chi connectivity index (χ2v) is 10.4. The zero-order chi connectivity index (χ0) is 26.2. The topological polar surface area (TPSA) is 58.6 Å². The average molecular weight is 572 g/mol. The van der Waals surface area contributed by atoms with Gasteiger partial charge in [0.2, 0.25) is 5.91 Å². The Balaban J connectivity index is 1.91. The molecule has 1 atom stereocenters. The maximum atomic E-state index is 13.6. The minimum Gasteiger partial charge on any atom is -0.484 e. The van der Waals surface area contributed by atoms with Crippen LogP contribution < -0.4 is 10.1 Å². The number of nitrogens with zero attached hydrogens (tertiary/aromatic N) is 1. The summed E-state index contributed by atoms with van der Waals surface area (Å²) in [6, 6.07) is 20.0. The van der Waals surface area contributed by atoms with Crippen LogP contribution in [0.4, 0.5) is 0 Å². The molecule has 2 amide bonds. The summed E-state index contributed by atoms with van der Waals surface area (Å²) in [5, 5.41) is 3.60. The van der Waals surface area contributed by atoms with E-state index < -0.39 is 6.04 Å². The lowest BCUT2D eigenvalue weighted by atomic mass is 10.0. The van der Waals surface area contributed by atoms with Crippen LogP contribution in [0.15, 0.2) is 71.2 Å². The number of hydrogen-bond donors (Lipinski definition) is 1. The number of hydrogen-bond acceptors (Lipinski definition) is 3. The molecule has 0 aliphatic rings. The van der Waals surface area contributed by atoms with Gasteiger partial charge < -0.3 is 15.0 Å². The molecular weight excluding hydrogens is 540 g/mol. The quantitative estimate of drug-likeness (QED) is 0.312. The molecule has 0 spiro atoms. The molecular formula is C29H32BrClN2O3. The van der Waals surface area contributed by atoms with Crippen molar-refractivity contribution in [1.82, 2.24) is 10.2 Å². The molecule has 7 heteroatoms. The lowest BCUT2D eigenvalue weighted by Crippen LogP contribution is -2.52. The second-order valence-electron chi connectivity index (χ2n) is 9.18. The standard InChI is InChI=1S/C29H32BrClN2O3/c1-19(2)32-29(35)26(16-22-8-6-5-7-9-22)33(17-23-10-12-24(31)13-11-23)27(34)18-36-25-14-20(3)28(30)21(4)15-25/h5-15,19,26H,16-18H2,1-4H3,(H,32,35). The van der Waals surface area contributed by atoms with E-state index in [-0.39, 0.29) is 31.0 Å². The van der Waals surface area contributed by atoms with Gasteiger partial charge in [0.25, 0.3) is 5.91 Å². The van der Waals surface area contributed by atoms with Crippen molar-refractivity contribution in [1.29, 1.82) is 0 Å². The zero-order valence-corrected chi connectivity index (χ0v) is 23.4. The van der Waals surface area contributed by atoms with Crippen molar-refractivity contribution in [2.45, 2.75) is 52.7 Å². The minimum absolute atomic E-state index is 0.0618. The average Bonchev–Trinajstić information content (AvgIpc) is 2.84. The lowest BCUT2D eigenvalue weighted by molar-refractivity contribution is -0.143. The van der Waals surface area contributed by atoms with Gasteiger partial charge in [0, 0.05) is 28.5 Å². The van der Waals surface area contributed by atoms with Crippen molar-refractivity contribution < 1.29 is 14.3 Å². The highest BCUT2D eigenvalue weighted by molar-refractivity contribution is 9.10. The van der Waals surface area contributed by atoms with Crippen molar-refractivity contribution in [3.05, 3.63) is 98.5 Å². The van der Waals surface area contributed by atoms with Crippen LogP contribution in [0, 0.1) is 13.8 Å². The molecule has 0 radical (unpaired) electrons. The molecule has 0 bridgehead atoms. The molecule has 0 saturated heterocycles. The first-order valence-electron chi connectivity index (χ1n) is 11.9. The highest BCUT2D eigenvalue weighted by Gasteiger charge is 2.31. The Bertz CT molecular complexity index is 1160. The minimum atomic E-state index is -0.713. The summed E-state index contributed by atoms with van der Waals surface area (Å²) >= 11 is 9.63. The van der Waals surface area contributed by atoms with E-state index in [4.69, 9.17) is 16.3 Å². The summed E-state index contributed by atoms with van der Waals surface area (Å²) in [4.78, 5) is 28.6. The summed E-state index contributed by atoms with van der Waals surface area (Å²) in [5.41, 5.74) is 3.89. The summed E-state index contributed by atoms with van der Waals surface area (Å²) in [6.45, 7) is 7.83. The number of nitrogens with one attached hydrogen (secondary N) is 1. The molecule has 0 saturated carbocycles. The van der Waals surface area contributed by atoms with Gasteiger partial charge in [0.1, 0.15) is 11.8 Å². The molecule has 3 aromatic carbocycles. The number of aryl methyl sites for hydroxylation is 2. The van der Waals surface area contributed by atoms with Crippen LogP contribution in [0.1, 0.15) is 36.1 Å². The SMILES string of the molecule is Cc1cc(OCC(=O)N(Cc2ccc(Cl)cc2)C(Cc2ccccc2)C(=O)NC(C)C)cc(C)c1Br.